The molecule has 0 aliphatic rings. The standard InChI is InChI=1S/C54H102O6/c1-4-7-10-13-16-19-22-25-26-27-28-29-30-33-35-38-41-44-47-53(56)59-50-51(60-54(57)48-45-42-39-36-32-24-21-18-15-12-9-6-3)49-58-52(55)46-43-40-37-34-31-23-20-17-14-11-8-5-2/h18,21,51H,4-17,19-20,22-50H2,1-3H3/b21-18-/t51-/m1/s1. The van der Waals surface area contributed by atoms with Crippen molar-refractivity contribution in [1.29, 1.82) is 0 Å². The number of rotatable bonds is 49. The van der Waals surface area contributed by atoms with E-state index in [0.717, 1.165) is 64.2 Å². The van der Waals surface area contributed by atoms with Crippen molar-refractivity contribution >= 4 is 17.9 Å². The van der Waals surface area contributed by atoms with Crippen molar-refractivity contribution < 1.29 is 28.6 Å². The quantitative estimate of drug-likeness (QED) is 0.0263. The van der Waals surface area contributed by atoms with E-state index in [0.29, 0.717) is 19.3 Å². The van der Waals surface area contributed by atoms with Gasteiger partial charge in [0.05, 0.1) is 0 Å². The molecule has 0 saturated heterocycles. The van der Waals surface area contributed by atoms with Gasteiger partial charge in [0.1, 0.15) is 13.2 Å². The van der Waals surface area contributed by atoms with Crippen LogP contribution in [0.3, 0.4) is 0 Å². The summed E-state index contributed by atoms with van der Waals surface area (Å²) in [5.74, 6) is -0.859. The van der Waals surface area contributed by atoms with Crippen molar-refractivity contribution in [2.24, 2.45) is 0 Å². The van der Waals surface area contributed by atoms with Gasteiger partial charge in [-0.1, -0.05) is 245 Å². The predicted molar refractivity (Wildman–Crippen MR) is 256 cm³/mol. The van der Waals surface area contributed by atoms with Crippen LogP contribution in [0.2, 0.25) is 0 Å². The van der Waals surface area contributed by atoms with Gasteiger partial charge in [-0.3, -0.25) is 14.4 Å². The summed E-state index contributed by atoms with van der Waals surface area (Å²) in [6, 6.07) is 0. The summed E-state index contributed by atoms with van der Waals surface area (Å²) in [5.41, 5.74) is 0. The topological polar surface area (TPSA) is 78.9 Å². The fourth-order valence-electron chi connectivity index (χ4n) is 7.97. The normalized spacial score (nSPS) is 12.0. The summed E-state index contributed by atoms with van der Waals surface area (Å²) in [7, 11) is 0. The third kappa shape index (κ3) is 47.2. The zero-order valence-electron chi connectivity index (χ0n) is 40.5. The number of hydrogen-bond acceptors (Lipinski definition) is 6. The summed E-state index contributed by atoms with van der Waals surface area (Å²) in [4.78, 5) is 37.9. The number of unbranched alkanes of at least 4 members (excludes halogenated alkanes) is 36. The first kappa shape index (κ1) is 58.1. The zero-order valence-corrected chi connectivity index (χ0v) is 40.5. The van der Waals surface area contributed by atoms with Gasteiger partial charge < -0.3 is 14.2 Å². The van der Waals surface area contributed by atoms with Crippen LogP contribution in [0.4, 0.5) is 0 Å². The number of allylic oxidation sites excluding steroid dienone is 2. The Hall–Kier alpha value is -1.85. The Labute approximate surface area is 373 Å². The number of hydrogen-bond donors (Lipinski definition) is 0. The molecule has 0 aromatic heterocycles. The molecule has 0 aromatic rings. The van der Waals surface area contributed by atoms with E-state index < -0.39 is 6.10 Å². The van der Waals surface area contributed by atoms with E-state index in [9.17, 15) is 14.4 Å². The molecule has 0 rings (SSSR count). The van der Waals surface area contributed by atoms with Crippen LogP contribution in [0.25, 0.3) is 0 Å². The minimum absolute atomic E-state index is 0.0680. The second-order valence-corrected chi connectivity index (χ2v) is 18.2. The maximum absolute atomic E-state index is 12.8. The van der Waals surface area contributed by atoms with Gasteiger partial charge in [0.15, 0.2) is 6.10 Å². The molecule has 0 bridgehead atoms. The Balaban J connectivity index is 4.27. The van der Waals surface area contributed by atoms with Crippen molar-refractivity contribution in [3.05, 3.63) is 12.2 Å². The van der Waals surface area contributed by atoms with Crippen LogP contribution < -0.4 is 0 Å². The molecule has 1 atom stereocenters. The Kier molecular flexibility index (Phi) is 48.3. The molecular formula is C54H102O6. The van der Waals surface area contributed by atoms with Crippen molar-refractivity contribution in [3.63, 3.8) is 0 Å². The SMILES string of the molecule is CCCCC/C=C\CCCCCCCC(=O)O[C@H](COC(=O)CCCCCCCCCCCCCC)COC(=O)CCCCCCCCCCCCCCCCCCCC. The summed E-state index contributed by atoms with van der Waals surface area (Å²) < 4.78 is 16.8. The minimum Gasteiger partial charge on any atom is -0.462 e. The lowest BCUT2D eigenvalue weighted by Crippen LogP contribution is -2.30. The van der Waals surface area contributed by atoms with E-state index in [1.165, 1.54) is 193 Å². The lowest BCUT2D eigenvalue weighted by Gasteiger charge is -2.18. The second-order valence-electron chi connectivity index (χ2n) is 18.2. The maximum atomic E-state index is 12.8. The average molecular weight is 847 g/mol. The summed E-state index contributed by atoms with van der Waals surface area (Å²) in [6.07, 6.45) is 54.8. The molecule has 0 aliphatic heterocycles. The summed E-state index contributed by atoms with van der Waals surface area (Å²) >= 11 is 0. The van der Waals surface area contributed by atoms with Crippen molar-refractivity contribution in [2.45, 2.75) is 303 Å². The van der Waals surface area contributed by atoms with Crippen molar-refractivity contribution in [3.8, 4) is 0 Å². The monoisotopic (exact) mass is 847 g/mol. The first-order valence-electron chi connectivity index (χ1n) is 26.7. The van der Waals surface area contributed by atoms with Crippen LogP contribution in [0.15, 0.2) is 12.2 Å². The fraction of sp³-hybridized carbons (Fsp3) is 0.907. The molecule has 0 unspecified atom stereocenters. The van der Waals surface area contributed by atoms with E-state index in [1.807, 2.05) is 0 Å². The smallest absolute Gasteiger partial charge is 0.306 e. The van der Waals surface area contributed by atoms with E-state index in [-0.39, 0.29) is 31.1 Å². The molecule has 0 amide bonds. The minimum atomic E-state index is -0.767. The van der Waals surface area contributed by atoms with Crippen LogP contribution in [0.5, 0.6) is 0 Å². The molecule has 354 valence electrons. The molecule has 0 fully saturated rings. The van der Waals surface area contributed by atoms with Gasteiger partial charge >= 0.3 is 17.9 Å². The number of esters is 3. The predicted octanol–water partition coefficient (Wildman–Crippen LogP) is 17.4. The molecule has 0 aliphatic carbocycles. The maximum Gasteiger partial charge on any atom is 0.306 e. The van der Waals surface area contributed by atoms with E-state index in [1.54, 1.807) is 0 Å². The number of carbonyl (C=O) groups excluding carboxylic acids is 3. The molecule has 6 nitrogen and oxygen atoms in total. The third-order valence-electron chi connectivity index (χ3n) is 12.0. The van der Waals surface area contributed by atoms with E-state index in [2.05, 4.69) is 32.9 Å². The Bertz CT molecular complexity index is 931. The average Bonchev–Trinajstić information content (AvgIpc) is 3.24. The lowest BCUT2D eigenvalue weighted by atomic mass is 10.0. The van der Waals surface area contributed by atoms with Gasteiger partial charge in [-0.25, -0.2) is 0 Å². The van der Waals surface area contributed by atoms with Crippen molar-refractivity contribution in [1.82, 2.24) is 0 Å². The van der Waals surface area contributed by atoms with Crippen molar-refractivity contribution in [2.75, 3.05) is 13.2 Å². The molecule has 6 heteroatoms. The van der Waals surface area contributed by atoms with Crippen LogP contribution in [0, 0.1) is 0 Å². The molecule has 60 heavy (non-hydrogen) atoms. The Morgan fingerprint density at radius 1 is 0.317 bits per heavy atom. The molecule has 0 aromatic carbocycles. The molecule has 0 radical (unpaired) electrons. The molecule has 0 N–H and O–H groups in total. The highest BCUT2D eigenvalue weighted by molar-refractivity contribution is 5.71. The van der Waals surface area contributed by atoms with E-state index >= 15 is 0 Å². The highest BCUT2D eigenvalue weighted by atomic mass is 16.6. The molecule has 0 spiro atoms. The Morgan fingerprint density at radius 2 is 0.550 bits per heavy atom. The number of ether oxygens (including phenoxy) is 3. The van der Waals surface area contributed by atoms with Gasteiger partial charge in [0.25, 0.3) is 0 Å². The second kappa shape index (κ2) is 49.8. The Morgan fingerprint density at radius 3 is 0.867 bits per heavy atom. The zero-order chi connectivity index (χ0) is 43.7. The third-order valence-corrected chi connectivity index (χ3v) is 12.0. The molecule has 0 heterocycles. The van der Waals surface area contributed by atoms with Crippen LogP contribution >= 0.6 is 0 Å². The van der Waals surface area contributed by atoms with E-state index in [4.69, 9.17) is 14.2 Å². The van der Waals surface area contributed by atoms with Gasteiger partial charge in [-0.15, -0.1) is 0 Å². The fourth-order valence-corrected chi connectivity index (χ4v) is 7.97. The molecular weight excluding hydrogens is 745 g/mol. The highest BCUT2D eigenvalue weighted by Crippen LogP contribution is 2.17. The van der Waals surface area contributed by atoms with Gasteiger partial charge in [0.2, 0.25) is 0 Å². The lowest BCUT2D eigenvalue weighted by molar-refractivity contribution is -0.167. The van der Waals surface area contributed by atoms with Crippen LogP contribution in [0.1, 0.15) is 297 Å². The van der Waals surface area contributed by atoms with Crippen LogP contribution in [-0.2, 0) is 28.6 Å². The van der Waals surface area contributed by atoms with Gasteiger partial charge in [0, 0.05) is 19.3 Å². The molecule has 0 saturated carbocycles. The summed E-state index contributed by atoms with van der Waals surface area (Å²) in [6.45, 7) is 6.64. The first-order valence-corrected chi connectivity index (χ1v) is 26.7. The van der Waals surface area contributed by atoms with Gasteiger partial charge in [-0.05, 0) is 44.9 Å². The highest BCUT2D eigenvalue weighted by Gasteiger charge is 2.19. The largest absolute Gasteiger partial charge is 0.462 e. The van der Waals surface area contributed by atoms with Gasteiger partial charge in [-0.2, -0.15) is 0 Å². The first-order chi connectivity index (χ1) is 29.5. The van der Waals surface area contributed by atoms with Crippen LogP contribution in [-0.4, -0.2) is 37.2 Å². The summed E-state index contributed by atoms with van der Waals surface area (Å²) in [5, 5.41) is 0. The number of carbonyl (C=O) groups is 3.